The minimum absolute atomic E-state index is 0.482. The van der Waals surface area contributed by atoms with Crippen molar-refractivity contribution in [3.63, 3.8) is 0 Å². The van der Waals surface area contributed by atoms with E-state index in [1.807, 2.05) is 30.3 Å². The number of nitrogens with zero attached hydrogens (tertiary/aromatic N) is 3. The van der Waals surface area contributed by atoms with E-state index in [0.717, 1.165) is 16.5 Å². The molecular weight excluding hydrogens is 220 g/mol. The fourth-order valence-corrected chi connectivity index (χ4v) is 2.08. The molecule has 2 N–H and O–H groups in total. The van der Waals surface area contributed by atoms with Crippen LogP contribution in [0.2, 0.25) is 0 Å². The predicted molar refractivity (Wildman–Crippen MR) is 65.1 cm³/mol. The van der Waals surface area contributed by atoms with Crippen LogP contribution in [-0.2, 0) is 0 Å². The molecule has 3 rings (SSSR count). The molecule has 0 bridgehead atoms. The van der Waals surface area contributed by atoms with Gasteiger partial charge in [-0.1, -0.05) is 18.2 Å². The summed E-state index contributed by atoms with van der Waals surface area (Å²) in [5, 5.41) is 1.53. The van der Waals surface area contributed by atoms with Crippen molar-refractivity contribution in [1.82, 2.24) is 14.3 Å². The zero-order valence-corrected chi connectivity index (χ0v) is 9.11. The van der Waals surface area contributed by atoms with Crippen molar-refractivity contribution in [3.05, 3.63) is 36.5 Å². The topological polar surface area (TPSA) is 64.7 Å². The molecule has 2 heterocycles. The highest BCUT2D eigenvalue weighted by Crippen LogP contribution is 2.26. The standard InChI is InChI=1S/C11H8N4S/c12-11-14-10(15-16-11)8-5-6-13-9-4-2-1-3-7(8)9/h1-6H,(H2,12,14,15). The van der Waals surface area contributed by atoms with Crippen molar-refractivity contribution in [3.8, 4) is 11.4 Å². The molecule has 0 aliphatic rings. The van der Waals surface area contributed by atoms with Gasteiger partial charge in [-0.15, -0.1) is 0 Å². The number of aromatic nitrogens is 3. The summed E-state index contributed by atoms with van der Waals surface area (Å²) >= 11 is 1.20. The molecule has 0 aliphatic heterocycles. The molecule has 0 unspecified atom stereocenters. The van der Waals surface area contributed by atoms with Gasteiger partial charge in [-0.05, 0) is 12.1 Å². The maximum atomic E-state index is 5.59. The Bertz CT molecular complexity index is 642. The van der Waals surface area contributed by atoms with Gasteiger partial charge in [0.25, 0.3) is 0 Å². The number of anilines is 1. The Hall–Kier alpha value is -2.01. The van der Waals surface area contributed by atoms with E-state index in [9.17, 15) is 0 Å². The molecule has 5 heteroatoms. The molecule has 4 nitrogen and oxygen atoms in total. The Labute approximate surface area is 96.0 Å². The van der Waals surface area contributed by atoms with Gasteiger partial charge in [0.2, 0.25) is 0 Å². The highest BCUT2D eigenvalue weighted by Gasteiger charge is 2.08. The van der Waals surface area contributed by atoms with E-state index in [-0.39, 0.29) is 0 Å². The van der Waals surface area contributed by atoms with E-state index < -0.39 is 0 Å². The minimum Gasteiger partial charge on any atom is -0.374 e. The smallest absolute Gasteiger partial charge is 0.200 e. The molecular formula is C11H8N4S. The third kappa shape index (κ3) is 1.42. The zero-order valence-electron chi connectivity index (χ0n) is 8.29. The van der Waals surface area contributed by atoms with Gasteiger partial charge in [-0.2, -0.15) is 9.36 Å². The summed E-state index contributed by atoms with van der Waals surface area (Å²) in [6.07, 6.45) is 1.76. The lowest BCUT2D eigenvalue weighted by molar-refractivity contribution is 1.32. The fourth-order valence-electron chi connectivity index (χ4n) is 1.64. The summed E-state index contributed by atoms with van der Waals surface area (Å²) in [6.45, 7) is 0. The van der Waals surface area contributed by atoms with Crippen LogP contribution in [0.25, 0.3) is 22.3 Å². The van der Waals surface area contributed by atoms with Crippen molar-refractivity contribution in [2.24, 2.45) is 0 Å². The zero-order chi connectivity index (χ0) is 11.0. The lowest BCUT2D eigenvalue weighted by Crippen LogP contribution is -1.87. The van der Waals surface area contributed by atoms with Gasteiger partial charge in [-0.3, -0.25) is 4.98 Å². The van der Waals surface area contributed by atoms with E-state index in [1.54, 1.807) is 6.20 Å². The Balaban J connectivity index is 2.31. The highest BCUT2D eigenvalue weighted by molar-refractivity contribution is 7.09. The van der Waals surface area contributed by atoms with Crippen LogP contribution >= 0.6 is 11.5 Å². The van der Waals surface area contributed by atoms with Crippen LogP contribution in [0.5, 0.6) is 0 Å². The van der Waals surface area contributed by atoms with Gasteiger partial charge in [0.05, 0.1) is 5.52 Å². The number of hydrogen-bond acceptors (Lipinski definition) is 5. The van der Waals surface area contributed by atoms with Crippen molar-refractivity contribution in [2.45, 2.75) is 0 Å². The third-order valence-electron chi connectivity index (χ3n) is 2.33. The van der Waals surface area contributed by atoms with Crippen LogP contribution in [0.15, 0.2) is 36.5 Å². The third-order valence-corrected chi connectivity index (χ3v) is 2.87. The summed E-state index contributed by atoms with van der Waals surface area (Å²) in [4.78, 5) is 8.48. The molecule has 0 spiro atoms. The van der Waals surface area contributed by atoms with Crippen molar-refractivity contribution < 1.29 is 0 Å². The van der Waals surface area contributed by atoms with Crippen LogP contribution in [0, 0.1) is 0 Å². The Morgan fingerprint density at radius 3 is 2.81 bits per heavy atom. The van der Waals surface area contributed by atoms with Crippen LogP contribution in [0.3, 0.4) is 0 Å². The van der Waals surface area contributed by atoms with E-state index >= 15 is 0 Å². The van der Waals surface area contributed by atoms with E-state index in [1.165, 1.54) is 11.5 Å². The fraction of sp³-hybridized carbons (Fsp3) is 0. The SMILES string of the molecule is Nc1nc(-c2ccnc3ccccc23)ns1. The van der Waals surface area contributed by atoms with Crippen LogP contribution in [0.1, 0.15) is 0 Å². The first-order chi connectivity index (χ1) is 7.84. The number of nitrogen functional groups attached to an aromatic ring is 1. The first-order valence-corrected chi connectivity index (χ1v) is 5.55. The second-order valence-electron chi connectivity index (χ2n) is 3.33. The Morgan fingerprint density at radius 1 is 1.12 bits per heavy atom. The van der Waals surface area contributed by atoms with Crippen molar-refractivity contribution in [2.75, 3.05) is 5.73 Å². The maximum Gasteiger partial charge on any atom is 0.200 e. The van der Waals surface area contributed by atoms with E-state index in [2.05, 4.69) is 14.3 Å². The summed E-state index contributed by atoms with van der Waals surface area (Å²) in [7, 11) is 0. The highest BCUT2D eigenvalue weighted by atomic mass is 32.1. The molecule has 0 amide bonds. The summed E-state index contributed by atoms with van der Waals surface area (Å²) in [6, 6.07) is 9.82. The van der Waals surface area contributed by atoms with E-state index in [4.69, 9.17) is 5.73 Å². The first kappa shape index (κ1) is 9.23. The Morgan fingerprint density at radius 2 is 2.00 bits per heavy atom. The molecule has 0 fully saturated rings. The summed E-state index contributed by atoms with van der Waals surface area (Å²) in [5.74, 6) is 0.668. The summed E-state index contributed by atoms with van der Waals surface area (Å²) < 4.78 is 4.21. The van der Waals surface area contributed by atoms with Crippen molar-refractivity contribution >= 4 is 27.6 Å². The van der Waals surface area contributed by atoms with Gasteiger partial charge in [0.1, 0.15) is 0 Å². The van der Waals surface area contributed by atoms with Crippen LogP contribution in [0.4, 0.5) is 5.13 Å². The molecule has 0 saturated carbocycles. The molecule has 0 saturated heterocycles. The number of rotatable bonds is 1. The predicted octanol–water partition coefficient (Wildman–Crippen LogP) is 2.34. The monoisotopic (exact) mass is 228 g/mol. The second-order valence-corrected chi connectivity index (χ2v) is 4.12. The van der Waals surface area contributed by atoms with Gasteiger partial charge in [0.15, 0.2) is 11.0 Å². The number of pyridine rings is 1. The van der Waals surface area contributed by atoms with Gasteiger partial charge in [0, 0.05) is 28.7 Å². The molecule has 16 heavy (non-hydrogen) atoms. The van der Waals surface area contributed by atoms with Crippen LogP contribution < -0.4 is 5.73 Å². The minimum atomic E-state index is 0.482. The van der Waals surface area contributed by atoms with Crippen LogP contribution in [-0.4, -0.2) is 14.3 Å². The molecule has 0 atom stereocenters. The molecule has 78 valence electrons. The molecule has 0 aliphatic carbocycles. The van der Waals surface area contributed by atoms with Gasteiger partial charge >= 0.3 is 0 Å². The lowest BCUT2D eigenvalue weighted by Gasteiger charge is -2.01. The second kappa shape index (κ2) is 3.53. The molecule has 3 aromatic rings. The van der Waals surface area contributed by atoms with Gasteiger partial charge in [-0.25, -0.2) is 0 Å². The van der Waals surface area contributed by atoms with Crippen molar-refractivity contribution in [1.29, 1.82) is 0 Å². The number of para-hydroxylation sites is 1. The van der Waals surface area contributed by atoms with E-state index in [0.29, 0.717) is 11.0 Å². The molecule has 2 aromatic heterocycles. The maximum absolute atomic E-state index is 5.59. The average Bonchev–Trinajstić information content (AvgIpc) is 2.75. The molecule has 1 aromatic carbocycles. The lowest BCUT2D eigenvalue weighted by atomic mass is 10.1. The normalized spacial score (nSPS) is 10.8. The number of nitrogens with two attached hydrogens (primary N) is 1. The quantitative estimate of drug-likeness (QED) is 0.694. The largest absolute Gasteiger partial charge is 0.374 e. The number of fused-ring (bicyclic) bond motifs is 1. The molecule has 0 radical (unpaired) electrons. The average molecular weight is 228 g/mol. The first-order valence-electron chi connectivity index (χ1n) is 4.78. The Kier molecular flexibility index (Phi) is 2.04. The van der Waals surface area contributed by atoms with Gasteiger partial charge < -0.3 is 5.73 Å². The number of hydrogen-bond donors (Lipinski definition) is 1. The number of benzene rings is 1. The summed E-state index contributed by atoms with van der Waals surface area (Å²) in [5.41, 5.74) is 7.50.